The molecule has 0 bridgehead atoms. The molecule has 20 heavy (non-hydrogen) atoms. The van der Waals surface area contributed by atoms with Crippen LogP contribution in [0.25, 0.3) is 0 Å². The van der Waals surface area contributed by atoms with Crippen molar-refractivity contribution < 1.29 is 9.53 Å². The van der Waals surface area contributed by atoms with Crippen molar-refractivity contribution in [1.82, 2.24) is 5.32 Å². The zero-order chi connectivity index (χ0) is 14.5. The van der Waals surface area contributed by atoms with Crippen molar-refractivity contribution in [3.05, 3.63) is 28.8 Å². The Bertz CT molecular complexity index is 476. The third-order valence-electron chi connectivity index (χ3n) is 4.05. The van der Waals surface area contributed by atoms with E-state index in [1.807, 2.05) is 0 Å². The van der Waals surface area contributed by atoms with Crippen molar-refractivity contribution in [2.75, 3.05) is 7.11 Å². The van der Waals surface area contributed by atoms with Crippen LogP contribution < -0.4 is 10.1 Å². The molecule has 0 saturated heterocycles. The topological polar surface area (TPSA) is 38.3 Å². The number of carbonyl (C=O) groups is 1. The van der Waals surface area contributed by atoms with Gasteiger partial charge in [0.15, 0.2) is 0 Å². The molecule has 0 radical (unpaired) electrons. The first kappa shape index (κ1) is 15.2. The third kappa shape index (κ3) is 3.89. The van der Waals surface area contributed by atoms with Crippen LogP contribution in [0.2, 0.25) is 5.02 Å². The van der Waals surface area contributed by atoms with Crippen LogP contribution in [-0.2, 0) is 11.2 Å². The maximum Gasteiger partial charge on any atom is 0.224 e. The van der Waals surface area contributed by atoms with Gasteiger partial charge in [0.1, 0.15) is 5.75 Å². The number of hydrogen-bond acceptors (Lipinski definition) is 2. The van der Waals surface area contributed by atoms with Crippen molar-refractivity contribution in [2.45, 2.75) is 45.1 Å². The van der Waals surface area contributed by atoms with Crippen LogP contribution in [0.4, 0.5) is 0 Å². The van der Waals surface area contributed by atoms with Gasteiger partial charge in [-0.3, -0.25) is 4.79 Å². The van der Waals surface area contributed by atoms with Gasteiger partial charge in [-0.2, -0.15) is 0 Å². The van der Waals surface area contributed by atoms with Crippen LogP contribution >= 0.6 is 11.6 Å². The molecule has 1 N–H and O–H groups in total. The van der Waals surface area contributed by atoms with E-state index in [-0.39, 0.29) is 5.91 Å². The summed E-state index contributed by atoms with van der Waals surface area (Å²) in [4.78, 5) is 12.2. The lowest BCUT2D eigenvalue weighted by molar-refractivity contribution is -0.121. The smallest absolute Gasteiger partial charge is 0.224 e. The molecule has 110 valence electrons. The molecule has 1 amide bonds. The molecule has 0 aromatic heterocycles. The normalized spacial score (nSPS) is 22.4. The number of nitrogens with one attached hydrogen (secondary N) is 1. The van der Waals surface area contributed by atoms with E-state index in [9.17, 15) is 4.79 Å². The second-order valence-electron chi connectivity index (χ2n) is 5.57. The largest absolute Gasteiger partial charge is 0.496 e. The summed E-state index contributed by atoms with van der Waals surface area (Å²) >= 11 is 5.99. The Morgan fingerprint density at radius 2 is 2.15 bits per heavy atom. The second-order valence-corrected chi connectivity index (χ2v) is 6.01. The molecule has 0 spiro atoms. The molecule has 0 aliphatic heterocycles. The molecule has 2 rings (SSSR count). The molecule has 1 aromatic rings. The number of hydrogen-bond donors (Lipinski definition) is 1. The minimum atomic E-state index is 0.0457. The summed E-state index contributed by atoms with van der Waals surface area (Å²) in [5.74, 6) is 1.32. The van der Waals surface area contributed by atoms with Crippen LogP contribution in [0.5, 0.6) is 5.75 Å². The standard InChI is InChI=1S/C16H22ClNO2/c1-11-5-3-4-6-14(11)18-16(19)10-12-9-13(17)7-8-15(12)20-2/h7-9,11,14H,3-6,10H2,1-2H3,(H,18,19)/t11-,14-/m1/s1. The predicted molar refractivity (Wildman–Crippen MR) is 81.3 cm³/mol. The summed E-state index contributed by atoms with van der Waals surface area (Å²) in [6, 6.07) is 5.67. The lowest BCUT2D eigenvalue weighted by Gasteiger charge is -2.29. The Balaban J connectivity index is 1.99. The van der Waals surface area contributed by atoms with Crippen LogP contribution in [0.1, 0.15) is 38.2 Å². The fourth-order valence-electron chi connectivity index (χ4n) is 2.85. The number of methoxy groups -OCH3 is 1. The Labute approximate surface area is 125 Å². The average molecular weight is 296 g/mol. The van der Waals surface area contributed by atoms with E-state index in [0.29, 0.717) is 29.2 Å². The van der Waals surface area contributed by atoms with Crippen molar-refractivity contribution in [1.29, 1.82) is 0 Å². The van der Waals surface area contributed by atoms with Crippen molar-refractivity contribution >= 4 is 17.5 Å². The summed E-state index contributed by atoms with van der Waals surface area (Å²) in [5, 5.41) is 3.77. The van der Waals surface area contributed by atoms with Crippen molar-refractivity contribution in [3.8, 4) is 5.75 Å². The second kappa shape index (κ2) is 6.98. The Morgan fingerprint density at radius 3 is 2.85 bits per heavy atom. The van der Waals surface area contributed by atoms with Gasteiger partial charge in [0.2, 0.25) is 5.91 Å². The molecule has 2 atom stereocenters. The molecule has 3 nitrogen and oxygen atoms in total. The molecule has 0 heterocycles. The highest BCUT2D eigenvalue weighted by Gasteiger charge is 2.23. The van der Waals surface area contributed by atoms with E-state index in [1.54, 1.807) is 25.3 Å². The van der Waals surface area contributed by atoms with Gasteiger partial charge in [-0.25, -0.2) is 0 Å². The average Bonchev–Trinajstić information content (AvgIpc) is 2.41. The third-order valence-corrected chi connectivity index (χ3v) is 4.29. The highest BCUT2D eigenvalue weighted by atomic mass is 35.5. The fraction of sp³-hybridized carbons (Fsp3) is 0.562. The molecular weight excluding hydrogens is 274 g/mol. The number of rotatable bonds is 4. The molecular formula is C16H22ClNO2. The Morgan fingerprint density at radius 1 is 1.40 bits per heavy atom. The highest BCUT2D eigenvalue weighted by molar-refractivity contribution is 6.30. The zero-order valence-electron chi connectivity index (χ0n) is 12.1. The van der Waals surface area contributed by atoms with E-state index < -0.39 is 0 Å². The number of halogens is 1. The first-order chi connectivity index (χ1) is 9.60. The fourth-order valence-corrected chi connectivity index (χ4v) is 3.04. The minimum Gasteiger partial charge on any atom is -0.496 e. The molecule has 4 heteroatoms. The summed E-state index contributed by atoms with van der Waals surface area (Å²) in [6.45, 7) is 2.21. The number of amides is 1. The van der Waals surface area contributed by atoms with E-state index >= 15 is 0 Å². The molecule has 1 aliphatic carbocycles. The van der Waals surface area contributed by atoms with Crippen LogP contribution in [-0.4, -0.2) is 19.1 Å². The SMILES string of the molecule is COc1ccc(Cl)cc1CC(=O)N[C@@H]1CCCC[C@H]1C. The van der Waals surface area contributed by atoms with E-state index in [1.165, 1.54) is 19.3 Å². The van der Waals surface area contributed by atoms with Gasteiger partial charge in [0.25, 0.3) is 0 Å². The summed E-state index contributed by atoms with van der Waals surface area (Å²) in [7, 11) is 1.61. The first-order valence-electron chi connectivity index (χ1n) is 7.22. The van der Waals surface area contributed by atoms with Gasteiger partial charge in [-0.05, 0) is 37.0 Å². The Kier molecular flexibility index (Phi) is 5.30. The predicted octanol–water partition coefficient (Wildman–Crippen LogP) is 3.59. The quantitative estimate of drug-likeness (QED) is 0.922. The van der Waals surface area contributed by atoms with E-state index in [4.69, 9.17) is 16.3 Å². The van der Waals surface area contributed by atoms with E-state index in [0.717, 1.165) is 12.0 Å². The summed E-state index contributed by atoms with van der Waals surface area (Å²) in [5.41, 5.74) is 0.834. The van der Waals surface area contributed by atoms with Crippen LogP contribution in [0, 0.1) is 5.92 Å². The van der Waals surface area contributed by atoms with Crippen molar-refractivity contribution in [2.24, 2.45) is 5.92 Å². The highest BCUT2D eigenvalue weighted by Crippen LogP contribution is 2.25. The number of benzene rings is 1. The molecule has 1 aliphatic rings. The molecule has 0 unspecified atom stereocenters. The molecule has 1 aromatic carbocycles. The molecule has 1 saturated carbocycles. The van der Waals surface area contributed by atoms with Gasteiger partial charge >= 0.3 is 0 Å². The maximum absolute atomic E-state index is 12.2. The van der Waals surface area contributed by atoms with E-state index in [2.05, 4.69) is 12.2 Å². The van der Waals surface area contributed by atoms with Crippen LogP contribution in [0.3, 0.4) is 0 Å². The first-order valence-corrected chi connectivity index (χ1v) is 7.59. The van der Waals surface area contributed by atoms with Gasteiger partial charge in [0.05, 0.1) is 13.5 Å². The lowest BCUT2D eigenvalue weighted by atomic mass is 9.86. The van der Waals surface area contributed by atoms with Gasteiger partial charge in [-0.1, -0.05) is 31.4 Å². The van der Waals surface area contributed by atoms with Crippen molar-refractivity contribution in [3.63, 3.8) is 0 Å². The zero-order valence-corrected chi connectivity index (χ0v) is 12.9. The number of ether oxygens (including phenoxy) is 1. The number of carbonyl (C=O) groups excluding carboxylic acids is 1. The van der Waals surface area contributed by atoms with Gasteiger partial charge < -0.3 is 10.1 Å². The van der Waals surface area contributed by atoms with Gasteiger partial charge in [-0.15, -0.1) is 0 Å². The van der Waals surface area contributed by atoms with Gasteiger partial charge in [0, 0.05) is 16.6 Å². The maximum atomic E-state index is 12.2. The minimum absolute atomic E-state index is 0.0457. The lowest BCUT2D eigenvalue weighted by Crippen LogP contribution is -2.41. The summed E-state index contributed by atoms with van der Waals surface area (Å²) < 4.78 is 5.27. The summed E-state index contributed by atoms with van der Waals surface area (Å²) in [6.07, 6.45) is 5.07. The Hall–Kier alpha value is -1.22. The molecule has 1 fully saturated rings. The van der Waals surface area contributed by atoms with Crippen LogP contribution in [0.15, 0.2) is 18.2 Å². The monoisotopic (exact) mass is 295 g/mol.